The van der Waals surface area contributed by atoms with E-state index in [-0.39, 0.29) is 11.3 Å². The summed E-state index contributed by atoms with van der Waals surface area (Å²) < 4.78 is 18.1. The van der Waals surface area contributed by atoms with Crippen LogP contribution in [-0.4, -0.2) is 23.2 Å². The topological polar surface area (TPSA) is 98.5 Å². The molecule has 2 aromatic rings. The highest BCUT2D eigenvalue weighted by atomic mass is 19.1. The summed E-state index contributed by atoms with van der Waals surface area (Å²) in [6.45, 7) is 1.41. The molecule has 8 heteroatoms. The van der Waals surface area contributed by atoms with Crippen molar-refractivity contribution in [1.82, 2.24) is 0 Å². The first-order valence-corrected chi connectivity index (χ1v) is 6.87. The summed E-state index contributed by atoms with van der Waals surface area (Å²) in [7, 11) is 0. The number of hydrogen-bond donors (Lipinski definition) is 1. The van der Waals surface area contributed by atoms with Crippen LogP contribution in [0.15, 0.2) is 42.5 Å². The normalized spacial score (nSPS) is 11.4. The molecule has 0 aliphatic rings. The van der Waals surface area contributed by atoms with Crippen molar-refractivity contribution in [1.29, 1.82) is 0 Å². The largest absolute Gasteiger partial charge is 0.474 e. The van der Waals surface area contributed by atoms with Crippen LogP contribution in [-0.2, 0) is 4.79 Å². The van der Waals surface area contributed by atoms with Gasteiger partial charge in [0.1, 0.15) is 12.1 Å². The van der Waals surface area contributed by atoms with E-state index in [0.717, 1.165) is 6.07 Å². The zero-order valence-electron chi connectivity index (χ0n) is 12.6. The Bertz CT molecular complexity index is 777. The molecule has 0 aliphatic heterocycles. The van der Waals surface area contributed by atoms with Crippen LogP contribution in [0, 0.1) is 15.9 Å². The summed E-state index contributed by atoms with van der Waals surface area (Å²) in [6.07, 6.45) is -0.572. The van der Waals surface area contributed by atoms with Gasteiger partial charge in [-0.15, -0.1) is 0 Å². The van der Waals surface area contributed by atoms with E-state index in [1.165, 1.54) is 43.3 Å². The minimum absolute atomic E-state index is 0.123. The van der Waals surface area contributed by atoms with Gasteiger partial charge in [0.25, 0.3) is 5.91 Å². The second-order valence-corrected chi connectivity index (χ2v) is 4.86. The number of hydrogen-bond acceptors (Lipinski definition) is 5. The Morgan fingerprint density at radius 3 is 2.54 bits per heavy atom. The first kappa shape index (κ1) is 17.1. The number of rotatable bonds is 6. The van der Waals surface area contributed by atoms with Crippen molar-refractivity contribution in [2.45, 2.75) is 13.0 Å². The first-order chi connectivity index (χ1) is 11.4. The number of ether oxygens (including phenoxy) is 1. The molecule has 124 valence electrons. The number of nitrogens with one attached hydrogen (secondary N) is 1. The van der Waals surface area contributed by atoms with Gasteiger partial charge >= 0.3 is 5.69 Å². The Morgan fingerprint density at radius 1 is 1.29 bits per heavy atom. The molecule has 0 radical (unpaired) electrons. The number of nitrogens with zero attached hydrogens (tertiary/aromatic N) is 1. The number of aldehydes is 1. The molecule has 0 aliphatic carbocycles. The molecular weight excluding hydrogens is 319 g/mol. The SMILES string of the molecule is C[C@@H](Oc1ccc(C=O)cc1[N+](=O)[O-])C(=O)Nc1ccc(F)cc1. The van der Waals surface area contributed by atoms with E-state index in [0.29, 0.717) is 12.0 Å². The van der Waals surface area contributed by atoms with Gasteiger partial charge in [0, 0.05) is 17.3 Å². The Morgan fingerprint density at radius 2 is 1.96 bits per heavy atom. The van der Waals surface area contributed by atoms with Gasteiger partial charge in [-0.3, -0.25) is 19.7 Å². The number of nitro groups is 1. The van der Waals surface area contributed by atoms with Crippen LogP contribution in [0.3, 0.4) is 0 Å². The molecule has 0 fully saturated rings. The van der Waals surface area contributed by atoms with Crippen molar-refractivity contribution in [3.05, 3.63) is 64.0 Å². The third-order valence-electron chi connectivity index (χ3n) is 3.10. The molecule has 0 saturated carbocycles. The third-order valence-corrected chi connectivity index (χ3v) is 3.10. The lowest BCUT2D eigenvalue weighted by Crippen LogP contribution is -2.30. The predicted octanol–water partition coefficient (Wildman–Crippen LogP) is 2.95. The number of halogens is 1. The van der Waals surface area contributed by atoms with Gasteiger partial charge in [0.15, 0.2) is 11.9 Å². The molecule has 0 aromatic heterocycles. The van der Waals surface area contributed by atoms with E-state index >= 15 is 0 Å². The summed E-state index contributed by atoms with van der Waals surface area (Å²) in [5, 5.41) is 13.5. The maximum absolute atomic E-state index is 12.8. The highest BCUT2D eigenvalue weighted by Crippen LogP contribution is 2.28. The lowest BCUT2D eigenvalue weighted by Gasteiger charge is -2.15. The minimum atomic E-state index is -1.05. The number of anilines is 1. The maximum atomic E-state index is 12.8. The molecule has 1 atom stereocenters. The van der Waals surface area contributed by atoms with Crippen molar-refractivity contribution in [2.75, 3.05) is 5.32 Å². The zero-order valence-corrected chi connectivity index (χ0v) is 12.6. The average molecular weight is 332 g/mol. The van der Waals surface area contributed by atoms with Crippen molar-refractivity contribution < 1.29 is 23.6 Å². The molecule has 0 bridgehead atoms. The Labute approximate surface area is 136 Å². The van der Waals surface area contributed by atoms with E-state index in [4.69, 9.17) is 4.74 Å². The van der Waals surface area contributed by atoms with Crippen molar-refractivity contribution >= 4 is 23.6 Å². The van der Waals surface area contributed by atoms with Gasteiger partial charge in [0.05, 0.1) is 4.92 Å². The fourth-order valence-corrected chi connectivity index (χ4v) is 1.87. The van der Waals surface area contributed by atoms with E-state index in [1.807, 2.05) is 0 Å². The molecule has 0 heterocycles. The van der Waals surface area contributed by atoms with E-state index in [9.17, 15) is 24.1 Å². The summed E-state index contributed by atoms with van der Waals surface area (Å²) in [5.74, 6) is -1.13. The fourth-order valence-electron chi connectivity index (χ4n) is 1.87. The molecular formula is C16H13FN2O5. The van der Waals surface area contributed by atoms with Crippen LogP contribution in [0.4, 0.5) is 15.8 Å². The molecule has 0 saturated heterocycles. The second kappa shape index (κ2) is 7.32. The monoisotopic (exact) mass is 332 g/mol. The van der Waals surface area contributed by atoms with E-state index in [1.54, 1.807) is 0 Å². The molecule has 2 aromatic carbocycles. The Hall–Kier alpha value is -3.29. The van der Waals surface area contributed by atoms with Crippen LogP contribution in [0.25, 0.3) is 0 Å². The molecule has 24 heavy (non-hydrogen) atoms. The fraction of sp³-hybridized carbons (Fsp3) is 0.125. The van der Waals surface area contributed by atoms with Gasteiger partial charge in [-0.1, -0.05) is 0 Å². The molecule has 2 rings (SSSR count). The van der Waals surface area contributed by atoms with Crippen LogP contribution < -0.4 is 10.1 Å². The average Bonchev–Trinajstić information content (AvgIpc) is 2.57. The standard InChI is InChI=1S/C16H13FN2O5/c1-10(16(21)18-13-5-3-12(17)4-6-13)24-15-7-2-11(9-20)8-14(15)19(22)23/h2-10H,1H3,(H,18,21)/t10-/m1/s1. The van der Waals surface area contributed by atoms with Gasteiger partial charge in [-0.2, -0.15) is 0 Å². The smallest absolute Gasteiger partial charge is 0.311 e. The van der Waals surface area contributed by atoms with Crippen LogP contribution in [0.2, 0.25) is 0 Å². The summed E-state index contributed by atoms with van der Waals surface area (Å²) in [5.41, 5.74) is 0.0705. The predicted molar refractivity (Wildman–Crippen MR) is 83.6 cm³/mol. The zero-order chi connectivity index (χ0) is 17.7. The van der Waals surface area contributed by atoms with E-state index in [2.05, 4.69) is 5.32 Å². The van der Waals surface area contributed by atoms with Gasteiger partial charge in [-0.05, 0) is 43.3 Å². The Balaban J connectivity index is 2.12. The summed E-state index contributed by atoms with van der Waals surface area (Å²) in [6, 6.07) is 8.78. The number of benzene rings is 2. The van der Waals surface area contributed by atoms with Crippen molar-refractivity contribution in [3.63, 3.8) is 0 Å². The highest BCUT2D eigenvalue weighted by Gasteiger charge is 2.21. The quantitative estimate of drug-likeness (QED) is 0.498. The number of carbonyl (C=O) groups excluding carboxylic acids is 2. The minimum Gasteiger partial charge on any atom is -0.474 e. The third kappa shape index (κ3) is 4.13. The lowest BCUT2D eigenvalue weighted by atomic mass is 10.2. The molecule has 1 amide bonds. The van der Waals surface area contributed by atoms with Crippen molar-refractivity contribution in [2.24, 2.45) is 0 Å². The summed E-state index contributed by atoms with van der Waals surface area (Å²) >= 11 is 0. The first-order valence-electron chi connectivity index (χ1n) is 6.87. The molecule has 7 nitrogen and oxygen atoms in total. The molecule has 0 spiro atoms. The lowest BCUT2D eigenvalue weighted by molar-refractivity contribution is -0.386. The van der Waals surface area contributed by atoms with Gasteiger partial charge in [-0.25, -0.2) is 4.39 Å². The van der Waals surface area contributed by atoms with Crippen LogP contribution >= 0.6 is 0 Å². The Kier molecular flexibility index (Phi) is 5.20. The maximum Gasteiger partial charge on any atom is 0.311 e. The van der Waals surface area contributed by atoms with Crippen LogP contribution in [0.5, 0.6) is 5.75 Å². The second-order valence-electron chi connectivity index (χ2n) is 4.86. The van der Waals surface area contributed by atoms with Crippen molar-refractivity contribution in [3.8, 4) is 5.75 Å². The highest BCUT2D eigenvalue weighted by molar-refractivity contribution is 5.94. The number of nitro benzene ring substituents is 1. The van der Waals surface area contributed by atoms with E-state index < -0.39 is 28.4 Å². The number of amides is 1. The van der Waals surface area contributed by atoms with Gasteiger partial charge in [0.2, 0.25) is 0 Å². The summed E-state index contributed by atoms with van der Waals surface area (Å²) in [4.78, 5) is 33.1. The number of carbonyl (C=O) groups is 2. The molecule has 0 unspecified atom stereocenters. The van der Waals surface area contributed by atoms with Crippen LogP contribution in [0.1, 0.15) is 17.3 Å². The molecule has 1 N–H and O–H groups in total. The van der Waals surface area contributed by atoms with Gasteiger partial charge < -0.3 is 10.1 Å².